The van der Waals surface area contributed by atoms with Gasteiger partial charge in [0.25, 0.3) is 0 Å². The molecule has 0 heterocycles. The zero-order valence-corrected chi connectivity index (χ0v) is 16.6. The lowest BCUT2D eigenvalue weighted by Crippen LogP contribution is -2.18. The van der Waals surface area contributed by atoms with Crippen molar-refractivity contribution in [2.75, 3.05) is 33.9 Å². The molecule has 0 amide bonds. The first kappa shape index (κ1) is 20.6. The fraction of sp³-hybridized carbons (Fsp3) is 0.700. The quantitative estimate of drug-likeness (QED) is 0.517. The SMILES string of the molecule is CN(C)C(=S)SSCC(CC(=O)O)SSC(=S)N(C)C. The molecule has 4 nitrogen and oxygen atoms in total. The lowest BCUT2D eigenvalue weighted by molar-refractivity contribution is -0.136. The minimum Gasteiger partial charge on any atom is -0.481 e. The third kappa shape index (κ3) is 10.4. The molecule has 0 spiro atoms. The average Bonchev–Trinajstić information content (AvgIpc) is 2.33. The Morgan fingerprint density at radius 3 is 2.05 bits per heavy atom. The number of carboxylic acids is 1. The van der Waals surface area contributed by atoms with Crippen molar-refractivity contribution >= 4 is 82.2 Å². The van der Waals surface area contributed by atoms with Crippen molar-refractivity contribution in [2.45, 2.75) is 11.7 Å². The maximum Gasteiger partial charge on any atom is 0.304 e. The summed E-state index contributed by atoms with van der Waals surface area (Å²) in [5.74, 6) is -0.0850. The van der Waals surface area contributed by atoms with Crippen LogP contribution in [0.15, 0.2) is 0 Å². The Bertz CT molecular complexity index is 351. The standard InChI is InChI=1S/C10H18N2O2S6/c1-11(2)9(15)19-17-6-7(5-8(13)14)18-20-10(16)12(3)4/h7H,5-6H2,1-4H3,(H,13,14). The molecule has 1 atom stereocenters. The van der Waals surface area contributed by atoms with Crippen LogP contribution in [0.25, 0.3) is 0 Å². The largest absolute Gasteiger partial charge is 0.481 e. The van der Waals surface area contributed by atoms with Gasteiger partial charge in [-0.05, 0) is 21.6 Å². The van der Waals surface area contributed by atoms with E-state index in [0.29, 0.717) is 5.75 Å². The van der Waals surface area contributed by atoms with E-state index in [1.807, 2.05) is 38.0 Å². The van der Waals surface area contributed by atoms with Crippen molar-refractivity contribution in [1.82, 2.24) is 9.80 Å². The lowest BCUT2D eigenvalue weighted by Gasteiger charge is -2.17. The summed E-state index contributed by atoms with van der Waals surface area (Å²) >= 11 is 10.3. The molecule has 0 aliphatic heterocycles. The van der Waals surface area contributed by atoms with Gasteiger partial charge >= 0.3 is 5.97 Å². The van der Waals surface area contributed by atoms with E-state index >= 15 is 0 Å². The molecule has 0 saturated carbocycles. The number of nitrogens with zero attached hydrogens (tertiary/aromatic N) is 2. The molecule has 20 heavy (non-hydrogen) atoms. The van der Waals surface area contributed by atoms with E-state index in [9.17, 15) is 4.79 Å². The van der Waals surface area contributed by atoms with Crippen LogP contribution in [0.3, 0.4) is 0 Å². The molecule has 1 unspecified atom stereocenters. The molecule has 0 radical (unpaired) electrons. The fourth-order valence-electron chi connectivity index (χ4n) is 0.734. The van der Waals surface area contributed by atoms with Crippen molar-refractivity contribution in [2.24, 2.45) is 0 Å². The fourth-order valence-corrected chi connectivity index (χ4v) is 6.62. The third-order valence-electron chi connectivity index (χ3n) is 1.77. The second-order valence-electron chi connectivity index (χ2n) is 4.09. The number of carbonyl (C=O) groups is 1. The van der Waals surface area contributed by atoms with E-state index < -0.39 is 5.97 Å². The zero-order chi connectivity index (χ0) is 15.7. The van der Waals surface area contributed by atoms with Crippen LogP contribution in [0.4, 0.5) is 0 Å². The normalized spacial score (nSPS) is 11.8. The zero-order valence-electron chi connectivity index (χ0n) is 11.7. The van der Waals surface area contributed by atoms with E-state index in [0.717, 1.165) is 8.64 Å². The van der Waals surface area contributed by atoms with Gasteiger partial charge in [-0.1, -0.05) is 46.0 Å². The van der Waals surface area contributed by atoms with E-state index in [1.54, 1.807) is 10.8 Å². The molecule has 116 valence electrons. The number of hydrogen-bond acceptors (Lipinski definition) is 7. The first-order valence-corrected chi connectivity index (χ1v) is 10.9. The van der Waals surface area contributed by atoms with Crippen molar-refractivity contribution < 1.29 is 9.90 Å². The first-order valence-electron chi connectivity index (χ1n) is 5.51. The minimum absolute atomic E-state index is 0.00198. The Kier molecular flexibility index (Phi) is 11.6. The molecule has 1 N–H and O–H groups in total. The number of thiocarbonyl (C=S) groups is 2. The molecule has 0 aliphatic carbocycles. The van der Waals surface area contributed by atoms with Crippen LogP contribution in [-0.2, 0) is 4.79 Å². The van der Waals surface area contributed by atoms with Crippen LogP contribution >= 0.6 is 67.6 Å². The van der Waals surface area contributed by atoms with Gasteiger partial charge in [-0.2, -0.15) is 0 Å². The highest BCUT2D eigenvalue weighted by Crippen LogP contribution is 2.36. The summed E-state index contributed by atoms with van der Waals surface area (Å²) in [7, 11) is 13.6. The van der Waals surface area contributed by atoms with Gasteiger partial charge in [0.2, 0.25) is 0 Å². The van der Waals surface area contributed by atoms with Gasteiger partial charge in [-0.3, -0.25) is 4.79 Å². The van der Waals surface area contributed by atoms with E-state index in [1.165, 1.54) is 32.4 Å². The minimum atomic E-state index is -0.792. The van der Waals surface area contributed by atoms with Gasteiger partial charge in [-0.15, -0.1) is 0 Å². The Morgan fingerprint density at radius 1 is 1.10 bits per heavy atom. The highest BCUT2D eigenvalue weighted by Gasteiger charge is 2.17. The molecule has 0 aromatic carbocycles. The van der Waals surface area contributed by atoms with Crippen LogP contribution in [0, 0.1) is 0 Å². The van der Waals surface area contributed by atoms with Crippen molar-refractivity contribution in [1.29, 1.82) is 0 Å². The Labute approximate surface area is 147 Å². The predicted octanol–water partition coefficient (Wildman–Crippen LogP) is 3.29. The molecule has 0 bridgehead atoms. The van der Waals surface area contributed by atoms with Gasteiger partial charge in [-0.25, -0.2) is 0 Å². The van der Waals surface area contributed by atoms with Gasteiger partial charge in [0.1, 0.15) is 8.64 Å². The van der Waals surface area contributed by atoms with Crippen LogP contribution in [-0.4, -0.2) is 68.7 Å². The molecular weight excluding hydrogens is 373 g/mol. The Morgan fingerprint density at radius 2 is 1.60 bits per heavy atom. The number of rotatable bonds is 7. The summed E-state index contributed by atoms with van der Waals surface area (Å²) in [6.07, 6.45) is 0.121. The second-order valence-corrected chi connectivity index (χ2v) is 10.2. The average molecular weight is 391 g/mol. The smallest absolute Gasteiger partial charge is 0.304 e. The molecule has 0 aliphatic rings. The third-order valence-corrected chi connectivity index (χ3v) is 9.03. The Balaban J connectivity index is 4.18. The number of aliphatic carboxylic acids is 1. The van der Waals surface area contributed by atoms with Gasteiger partial charge in [0.15, 0.2) is 0 Å². The molecule has 0 aromatic rings. The van der Waals surface area contributed by atoms with Crippen LogP contribution < -0.4 is 0 Å². The van der Waals surface area contributed by atoms with Crippen LogP contribution in [0.5, 0.6) is 0 Å². The monoisotopic (exact) mass is 390 g/mol. The molecule has 0 saturated heterocycles. The van der Waals surface area contributed by atoms with Gasteiger partial charge < -0.3 is 14.9 Å². The maximum absolute atomic E-state index is 10.9. The lowest BCUT2D eigenvalue weighted by atomic mass is 10.3. The summed E-state index contributed by atoms with van der Waals surface area (Å²) in [4.78, 5) is 14.6. The van der Waals surface area contributed by atoms with Crippen molar-refractivity contribution in [3.8, 4) is 0 Å². The van der Waals surface area contributed by atoms with Crippen molar-refractivity contribution in [3.63, 3.8) is 0 Å². The van der Waals surface area contributed by atoms with E-state index in [2.05, 4.69) is 0 Å². The molecule has 0 rings (SSSR count). The molecule has 0 fully saturated rings. The summed E-state index contributed by atoms with van der Waals surface area (Å²) < 4.78 is 1.53. The second kappa shape index (κ2) is 11.2. The van der Waals surface area contributed by atoms with Gasteiger partial charge in [0, 0.05) is 39.2 Å². The molecule has 0 aromatic heterocycles. The maximum atomic E-state index is 10.9. The van der Waals surface area contributed by atoms with Crippen molar-refractivity contribution in [3.05, 3.63) is 0 Å². The van der Waals surface area contributed by atoms with E-state index in [4.69, 9.17) is 29.5 Å². The van der Waals surface area contributed by atoms with Gasteiger partial charge in [0.05, 0.1) is 6.42 Å². The highest BCUT2D eigenvalue weighted by molar-refractivity contribution is 8.85. The summed E-state index contributed by atoms with van der Waals surface area (Å²) in [6, 6.07) is 0. The molecular formula is C10H18N2O2S6. The summed E-state index contributed by atoms with van der Waals surface area (Å²) in [5.41, 5.74) is 0. The predicted molar refractivity (Wildman–Crippen MR) is 104 cm³/mol. The summed E-state index contributed by atoms with van der Waals surface area (Å²) in [6.45, 7) is 0. The molecule has 10 heteroatoms. The topological polar surface area (TPSA) is 43.8 Å². The first-order chi connectivity index (χ1) is 9.23. The van der Waals surface area contributed by atoms with Crippen LogP contribution in [0.1, 0.15) is 6.42 Å². The van der Waals surface area contributed by atoms with Crippen LogP contribution in [0.2, 0.25) is 0 Å². The number of carboxylic acid groups (broad SMARTS) is 1. The summed E-state index contributed by atoms with van der Waals surface area (Å²) in [5, 5.41) is 8.94. The Hall–Kier alpha value is 0.650. The highest BCUT2D eigenvalue weighted by atomic mass is 33.1. The number of hydrogen-bond donors (Lipinski definition) is 1. The van der Waals surface area contributed by atoms with E-state index in [-0.39, 0.29) is 11.7 Å².